The van der Waals surface area contributed by atoms with Gasteiger partial charge in [-0.25, -0.2) is 4.98 Å². The van der Waals surface area contributed by atoms with Crippen LogP contribution in [0.15, 0.2) is 67.1 Å². The molecule has 0 spiro atoms. The Bertz CT molecular complexity index is 1040. The maximum absolute atomic E-state index is 6.34. The average molecular weight is 379 g/mol. The summed E-state index contributed by atoms with van der Waals surface area (Å²) in [4.78, 5) is 12.1. The molecule has 0 aliphatic rings. The lowest BCUT2D eigenvalue weighted by Crippen LogP contribution is -2.14. The Kier molecular flexibility index (Phi) is 4.90. The summed E-state index contributed by atoms with van der Waals surface area (Å²) in [5.74, 6) is 0. The molecule has 0 saturated heterocycles. The van der Waals surface area contributed by atoms with Crippen LogP contribution in [0.3, 0.4) is 0 Å². The number of rotatable bonds is 5. The van der Waals surface area contributed by atoms with Crippen molar-refractivity contribution in [3.8, 4) is 0 Å². The Morgan fingerprint density at radius 2 is 1.81 bits per heavy atom. The molecular formula is C21H19ClN4O. The number of ether oxygens (including phenoxy) is 1. The summed E-state index contributed by atoms with van der Waals surface area (Å²) in [6.07, 6.45) is 5.27. The molecule has 4 rings (SSSR count). The number of aromatic nitrogens is 3. The van der Waals surface area contributed by atoms with Gasteiger partial charge in [-0.1, -0.05) is 29.8 Å². The third-order valence-corrected chi connectivity index (χ3v) is 4.91. The van der Waals surface area contributed by atoms with E-state index in [1.165, 1.54) is 0 Å². The molecule has 1 aromatic carbocycles. The van der Waals surface area contributed by atoms with Crippen molar-refractivity contribution in [2.24, 2.45) is 5.73 Å². The summed E-state index contributed by atoms with van der Waals surface area (Å²) in [6, 6.07) is 15.1. The Morgan fingerprint density at radius 1 is 1.04 bits per heavy atom. The van der Waals surface area contributed by atoms with E-state index in [1.54, 1.807) is 13.3 Å². The topological polar surface area (TPSA) is 76.8 Å². The van der Waals surface area contributed by atoms with Gasteiger partial charge in [-0.3, -0.25) is 4.98 Å². The van der Waals surface area contributed by atoms with Crippen molar-refractivity contribution in [1.82, 2.24) is 15.0 Å². The second-order valence-corrected chi connectivity index (χ2v) is 6.74. The quantitative estimate of drug-likeness (QED) is 0.539. The number of H-pyrrole nitrogens is 1. The van der Waals surface area contributed by atoms with E-state index in [1.807, 2.05) is 60.9 Å². The van der Waals surface area contributed by atoms with Gasteiger partial charge in [0.2, 0.25) is 0 Å². The normalized spacial score (nSPS) is 13.6. The molecule has 6 heteroatoms. The van der Waals surface area contributed by atoms with E-state index in [0.29, 0.717) is 5.02 Å². The fraction of sp³-hybridized carbons (Fsp3) is 0.143. The predicted octanol–water partition coefficient (Wildman–Crippen LogP) is 4.40. The fourth-order valence-corrected chi connectivity index (χ4v) is 3.36. The van der Waals surface area contributed by atoms with Gasteiger partial charge in [0.05, 0.1) is 11.7 Å². The summed E-state index contributed by atoms with van der Waals surface area (Å²) < 4.78 is 5.75. The zero-order valence-electron chi connectivity index (χ0n) is 14.8. The van der Waals surface area contributed by atoms with Gasteiger partial charge in [0.15, 0.2) is 0 Å². The maximum atomic E-state index is 6.34. The van der Waals surface area contributed by atoms with Gasteiger partial charge < -0.3 is 15.5 Å². The lowest BCUT2D eigenvalue weighted by molar-refractivity contribution is 0.137. The van der Waals surface area contributed by atoms with E-state index in [4.69, 9.17) is 22.1 Å². The van der Waals surface area contributed by atoms with Gasteiger partial charge in [-0.2, -0.15) is 0 Å². The van der Waals surface area contributed by atoms with Crippen LogP contribution >= 0.6 is 11.6 Å². The highest BCUT2D eigenvalue weighted by molar-refractivity contribution is 6.30. The van der Waals surface area contributed by atoms with Gasteiger partial charge in [0.25, 0.3) is 0 Å². The van der Waals surface area contributed by atoms with Crippen molar-refractivity contribution in [2.75, 3.05) is 7.11 Å². The number of aromatic amines is 1. The molecule has 2 atom stereocenters. The van der Waals surface area contributed by atoms with Crippen LogP contribution in [0.2, 0.25) is 5.02 Å². The molecule has 3 aromatic heterocycles. The lowest BCUT2D eigenvalue weighted by Gasteiger charge is -2.17. The molecule has 0 amide bonds. The summed E-state index contributed by atoms with van der Waals surface area (Å²) >= 11 is 5.95. The van der Waals surface area contributed by atoms with Crippen molar-refractivity contribution in [3.05, 3.63) is 94.5 Å². The molecule has 0 bridgehead atoms. The van der Waals surface area contributed by atoms with Gasteiger partial charge in [-0.15, -0.1) is 0 Å². The van der Waals surface area contributed by atoms with Gasteiger partial charge >= 0.3 is 0 Å². The molecule has 5 nitrogen and oxygen atoms in total. The van der Waals surface area contributed by atoms with Crippen LogP contribution in [-0.2, 0) is 4.74 Å². The SMILES string of the molecule is COC(c1ccc(C(N)c2ccc(Cl)cc2)nc1)c1c[nH]c2ncccc12. The number of hydrogen-bond donors (Lipinski definition) is 2. The van der Waals surface area contributed by atoms with Gasteiger partial charge in [0.1, 0.15) is 11.8 Å². The van der Waals surface area contributed by atoms with E-state index in [9.17, 15) is 0 Å². The highest BCUT2D eigenvalue weighted by Gasteiger charge is 2.19. The van der Waals surface area contributed by atoms with Crippen molar-refractivity contribution >= 4 is 22.6 Å². The third kappa shape index (κ3) is 3.45. The zero-order chi connectivity index (χ0) is 18.8. The molecule has 0 radical (unpaired) electrons. The molecule has 0 aliphatic heterocycles. The van der Waals surface area contributed by atoms with Gasteiger partial charge in [0, 0.05) is 47.2 Å². The fourth-order valence-electron chi connectivity index (χ4n) is 3.23. The minimum atomic E-state index is -0.311. The number of fused-ring (bicyclic) bond motifs is 1. The highest BCUT2D eigenvalue weighted by Crippen LogP contribution is 2.31. The number of nitrogens with one attached hydrogen (secondary N) is 1. The van der Waals surface area contributed by atoms with Crippen molar-refractivity contribution in [2.45, 2.75) is 12.1 Å². The number of nitrogens with two attached hydrogens (primary N) is 1. The largest absolute Gasteiger partial charge is 0.372 e. The number of benzene rings is 1. The first kappa shape index (κ1) is 17.7. The standard InChI is InChI=1S/C21H19ClN4O/c1-27-20(17-12-26-21-16(17)3-2-10-24-21)14-6-9-18(25-11-14)19(23)13-4-7-15(22)8-5-13/h2-12,19-20H,23H2,1H3,(H,24,26). The molecule has 0 fully saturated rings. The Hall–Kier alpha value is -2.73. The Morgan fingerprint density at radius 3 is 2.52 bits per heavy atom. The molecular weight excluding hydrogens is 360 g/mol. The van der Waals surface area contributed by atoms with Crippen molar-refractivity contribution in [1.29, 1.82) is 0 Å². The molecule has 0 saturated carbocycles. The second kappa shape index (κ2) is 7.48. The first-order chi connectivity index (χ1) is 13.2. The van der Waals surface area contributed by atoms with Crippen LogP contribution < -0.4 is 5.73 Å². The zero-order valence-corrected chi connectivity index (χ0v) is 15.5. The van der Waals surface area contributed by atoms with Crippen LogP contribution in [-0.4, -0.2) is 22.1 Å². The smallest absolute Gasteiger partial charge is 0.137 e. The number of hydrogen-bond acceptors (Lipinski definition) is 4. The Labute approximate surface area is 162 Å². The second-order valence-electron chi connectivity index (χ2n) is 6.30. The number of halogens is 1. The summed E-state index contributed by atoms with van der Waals surface area (Å²) in [7, 11) is 1.69. The van der Waals surface area contributed by atoms with E-state index < -0.39 is 0 Å². The van der Waals surface area contributed by atoms with E-state index in [-0.39, 0.29) is 12.1 Å². The molecule has 4 aromatic rings. The first-order valence-electron chi connectivity index (χ1n) is 8.59. The molecule has 3 N–H and O–H groups in total. The predicted molar refractivity (Wildman–Crippen MR) is 107 cm³/mol. The van der Waals surface area contributed by atoms with Crippen LogP contribution in [0.25, 0.3) is 11.0 Å². The Balaban J connectivity index is 1.63. The minimum absolute atomic E-state index is 0.240. The summed E-state index contributed by atoms with van der Waals surface area (Å²) in [5, 5.41) is 1.72. The average Bonchev–Trinajstić information content (AvgIpc) is 3.13. The van der Waals surface area contributed by atoms with Crippen molar-refractivity contribution < 1.29 is 4.74 Å². The van der Waals surface area contributed by atoms with Crippen LogP contribution in [0.1, 0.15) is 34.5 Å². The number of methoxy groups -OCH3 is 1. The van der Waals surface area contributed by atoms with Crippen LogP contribution in [0.4, 0.5) is 0 Å². The van der Waals surface area contributed by atoms with Crippen LogP contribution in [0.5, 0.6) is 0 Å². The van der Waals surface area contributed by atoms with E-state index in [0.717, 1.165) is 33.4 Å². The van der Waals surface area contributed by atoms with Crippen LogP contribution in [0, 0.1) is 0 Å². The summed E-state index contributed by atoms with van der Waals surface area (Å²) in [6.45, 7) is 0. The van der Waals surface area contributed by atoms with E-state index >= 15 is 0 Å². The minimum Gasteiger partial charge on any atom is -0.372 e. The summed E-state index contributed by atoms with van der Waals surface area (Å²) in [5.41, 5.74) is 10.9. The number of pyridine rings is 2. The number of nitrogens with zero attached hydrogens (tertiary/aromatic N) is 2. The highest BCUT2D eigenvalue weighted by atomic mass is 35.5. The maximum Gasteiger partial charge on any atom is 0.137 e. The monoisotopic (exact) mass is 378 g/mol. The lowest BCUT2D eigenvalue weighted by atomic mass is 10.0. The molecule has 136 valence electrons. The molecule has 3 heterocycles. The van der Waals surface area contributed by atoms with Crippen molar-refractivity contribution in [3.63, 3.8) is 0 Å². The molecule has 0 aliphatic carbocycles. The first-order valence-corrected chi connectivity index (χ1v) is 8.97. The van der Waals surface area contributed by atoms with Gasteiger partial charge in [-0.05, 0) is 35.9 Å². The molecule has 27 heavy (non-hydrogen) atoms. The third-order valence-electron chi connectivity index (χ3n) is 4.66. The van der Waals surface area contributed by atoms with E-state index in [2.05, 4.69) is 15.0 Å². The molecule has 2 unspecified atom stereocenters.